The summed E-state index contributed by atoms with van der Waals surface area (Å²) in [7, 11) is 0. The van der Waals surface area contributed by atoms with E-state index in [1.54, 1.807) is 11.8 Å². The highest BCUT2D eigenvalue weighted by Gasteiger charge is 2.26. The van der Waals surface area contributed by atoms with Gasteiger partial charge in [0.25, 0.3) is 0 Å². The minimum atomic E-state index is 0.683. The first-order valence-electron chi connectivity index (χ1n) is 6.57. The maximum absolute atomic E-state index is 5.32. The highest BCUT2D eigenvalue weighted by Crippen LogP contribution is 2.32. The zero-order valence-corrected chi connectivity index (χ0v) is 11.1. The molecule has 94 valence electrons. The molecule has 1 aromatic rings. The molecule has 0 aromatic carbocycles. The highest BCUT2D eigenvalue weighted by atomic mass is 16.3. The average Bonchev–Trinajstić information content (AvgIpc) is 2.74. The van der Waals surface area contributed by atoms with Crippen LogP contribution in [-0.2, 0) is 6.54 Å². The Morgan fingerprint density at radius 1 is 1.41 bits per heavy atom. The van der Waals surface area contributed by atoms with Gasteiger partial charge in [-0.15, -0.1) is 0 Å². The van der Waals surface area contributed by atoms with Gasteiger partial charge in [0.2, 0.25) is 0 Å². The van der Waals surface area contributed by atoms with Crippen LogP contribution in [0.2, 0.25) is 0 Å². The fourth-order valence-corrected chi connectivity index (χ4v) is 2.98. The Balaban J connectivity index is 1.82. The van der Waals surface area contributed by atoms with E-state index in [2.05, 4.69) is 32.2 Å². The van der Waals surface area contributed by atoms with Gasteiger partial charge in [-0.1, -0.05) is 25.5 Å². The van der Waals surface area contributed by atoms with Gasteiger partial charge in [-0.3, -0.25) is 0 Å². The summed E-state index contributed by atoms with van der Waals surface area (Å²) in [4.78, 5) is 0. The van der Waals surface area contributed by atoms with E-state index < -0.39 is 0 Å². The molecule has 1 N–H and O–H groups in total. The predicted molar refractivity (Wildman–Crippen MR) is 70.6 cm³/mol. The summed E-state index contributed by atoms with van der Waals surface area (Å²) in [5.74, 6) is 3.23. The molecule has 1 aromatic heterocycles. The van der Waals surface area contributed by atoms with Gasteiger partial charge < -0.3 is 9.73 Å². The number of hydrogen-bond acceptors (Lipinski definition) is 2. The van der Waals surface area contributed by atoms with E-state index in [4.69, 9.17) is 4.42 Å². The molecule has 1 aliphatic rings. The molecule has 1 aliphatic carbocycles. The summed E-state index contributed by atoms with van der Waals surface area (Å²) in [5.41, 5.74) is 1.55. The van der Waals surface area contributed by atoms with Crippen molar-refractivity contribution in [1.82, 2.24) is 5.32 Å². The summed E-state index contributed by atoms with van der Waals surface area (Å²) in [6, 6.07) is 3.96. The van der Waals surface area contributed by atoms with Crippen molar-refractivity contribution >= 4 is 0 Å². The predicted octanol–water partition coefficient (Wildman–Crippen LogP) is 3.61. The van der Waals surface area contributed by atoms with Crippen molar-refractivity contribution in [3.8, 4) is 0 Å². The molecule has 0 bridgehead atoms. The number of allylic oxidation sites excluding steroid dienone is 2. The van der Waals surface area contributed by atoms with Crippen LogP contribution in [-0.4, -0.2) is 6.54 Å². The maximum atomic E-state index is 5.32. The summed E-state index contributed by atoms with van der Waals surface area (Å²) >= 11 is 0. The average molecular weight is 233 g/mol. The van der Waals surface area contributed by atoms with Crippen LogP contribution in [0.15, 0.2) is 34.5 Å². The molecular weight excluding hydrogens is 210 g/mol. The fraction of sp³-hybridized carbons (Fsp3) is 0.600. The smallest absolute Gasteiger partial charge is 0.117 e. The number of hydrogen-bond donors (Lipinski definition) is 1. The van der Waals surface area contributed by atoms with E-state index in [-0.39, 0.29) is 0 Å². The zero-order chi connectivity index (χ0) is 12.3. The van der Waals surface area contributed by atoms with Crippen molar-refractivity contribution in [1.29, 1.82) is 0 Å². The SMILES string of the molecule is CC1=C[C@H](C)[C@H](CNCc2ccco2)[C@H](C)C1. The molecule has 17 heavy (non-hydrogen) atoms. The van der Waals surface area contributed by atoms with Gasteiger partial charge in [-0.2, -0.15) is 0 Å². The highest BCUT2D eigenvalue weighted by molar-refractivity contribution is 5.08. The van der Waals surface area contributed by atoms with Gasteiger partial charge in [0.05, 0.1) is 12.8 Å². The Bertz CT molecular complexity index is 366. The van der Waals surface area contributed by atoms with Crippen LogP contribution in [0.4, 0.5) is 0 Å². The normalized spacial score (nSPS) is 29.1. The lowest BCUT2D eigenvalue weighted by atomic mass is 9.75. The van der Waals surface area contributed by atoms with Crippen LogP contribution in [0.1, 0.15) is 33.0 Å². The summed E-state index contributed by atoms with van der Waals surface area (Å²) in [6.07, 6.45) is 5.41. The van der Waals surface area contributed by atoms with Crippen molar-refractivity contribution in [3.05, 3.63) is 35.8 Å². The largest absolute Gasteiger partial charge is 0.468 e. The standard InChI is InChI=1S/C15H23NO/c1-11-7-12(2)15(13(3)8-11)10-16-9-14-5-4-6-17-14/h4-7,12-13,15-16H,8-10H2,1-3H3/t12-,13+,15-/m0/s1. The van der Waals surface area contributed by atoms with E-state index in [1.165, 1.54) is 6.42 Å². The molecule has 0 amide bonds. The third-order valence-electron chi connectivity index (χ3n) is 3.86. The topological polar surface area (TPSA) is 25.2 Å². The van der Waals surface area contributed by atoms with Gasteiger partial charge in [0.15, 0.2) is 0 Å². The molecule has 3 atom stereocenters. The van der Waals surface area contributed by atoms with Gasteiger partial charge in [0, 0.05) is 0 Å². The molecule has 0 aliphatic heterocycles. The molecule has 0 saturated heterocycles. The van der Waals surface area contributed by atoms with Gasteiger partial charge in [0.1, 0.15) is 5.76 Å². The van der Waals surface area contributed by atoms with Crippen LogP contribution in [0.25, 0.3) is 0 Å². The molecule has 0 spiro atoms. The van der Waals surface area contributed by atoms with Crippen molar-refractivity contribution in [2.75, 3.05) is 6.54 Å². The first-order chi connectivity index (χ1) is 8.16. The molecule has 2 heteroatoms. The summed E-state index contributed by atoms with van der Waals surface area (Å²) in [6.45, 7) is 8.86. The third kappa shape index (κ3) is 3.22. The minimum Gasteiger partial charge on any atom is -0.468 e. The molecule has 0 fully saturated rings. The Morgan fingerprint density at radius 3 is 2.88 bits per heavy atom. The molecule has 0 radical (unpaired) electrons. The maximum Gasteiger partial charge on any atom is 0.117 e. The Kier molecular flexibility index (Phi) is 4.06. The number of rotatable bonds is 4. The van der Waals surface area contributed by atoms with Crippen LogP contribution < -0.4 is 5.32 Å². The lowest BCUT2D eigenvalue weighted by Crippen LogP contribution is -2.33. The summed E-state index contributed by atoms with van der Waals surface area (Å²) in [5, 5.41) is 3.51. The van der Waals surface area contributed by atoms with Crippen LogP contribution in [0.5, 0.6) is 0 Å². The van der Waals surface area contributed by atoms with Crippen molar-refractivity contribution in [3.63, 3.8) is 0 Å². The number of nitrogens with one attached hydrogen (secondary N) is 1. The Labute approximate surface area is 104 Å². The van der Waals surface area contributed by atoms with Crippen molar-refractivity contribution in [2.45, 2.75) is 33.7 Å². The molecule has 1 heterocycles. The van der Waals surface area contributed by atoms with Crippen LogP contribution in [0, 0.1) is 17.8 Å². The monoisotopic (exact) mass is 233 g/mol. The minimum absolute atomic E-state index is 0.683. The van der Waals surface area contributed by atoms with E-state index in [1.807, 2.05) is 12.1 Å². The van der Waals surface area contributed by atoms with E-state index >= 15 is 0 Å². The van der Waals surface area contributed by atoms with Gasteiger partial charge in [-0.05, 0) is 49.8 Å². The second-order valence-corrected chi connectivity index (χ2v) is 5.43. The molecule has 0 saturated carbocycles. The molecule has 2 rings (SSSR count). The second-order valence-electron chi connectivity index (χ2n) is 5.43. The van der Waals surface area contributed by atoms with E-state index in [9.17, 15) is 0 Å². The van der Waals surface area contributed by atoms with Gasteiger partial charge in [-0.25, -0.2) is 0 Å². The van der Waals surface area contributed by atoms with Crippen molar-refractivity contribution in [2.24, 2.45) is 17.8 Å². The Morgan fingerprint density at radius 2 is 2.24 bits per heavy atom. The lowest BCUT2D eigenvalue weighted by molar-refractivity contribution is 0.258. The third-order valence-corrected chi connectivity index (χ3v) is 3.86. The first-order valence-corrected chi connectivity index (χ1v) is 6.57. The van der Waals surface area contributed by atoms with Gasteiger partial charge >= 0.3 is 0 Å². The molecule has 2 nitrogen and oxygen atoms in total. The van der Waals surface area contributed by atoms with E-state index in [0.717, 1.165) is 30.7 Å². The van der Waals surface area contributed by atoms with Crippen LogP contribution in [0.3, 0.4) is 0 Å². The first kappa shape index (κ1) is 12.4. The second kappa shape index (κ2) is 5.54. The fourth-order valence-electron chi connectivity index (χ4n) is 2.98. The molecule has 0 unspecified atom stereocenters. The zero-order valence-electron chi connectivity index (χ0n) is 11.1. The van der Waals surface area contributed by atoms with E-state index in [0.29, 0.717) is 5.92 Å². The van der Waals surface area contributed by atoms with Crippen molar-refractivity contribution < 1.29 is 4.42 Å². The number of furan rings is 1. The lowest BCUT2D eigenvalue weighted by Gasteiger charge is -2.33. The summed E-state index contributed by atoms with van der Waals surface area (Å²) < 4.78 is 5.32. The van der Waals surface area contributed by atoms with Crippen LogP contribution >= 0.6 is 0 Å². The molecular formula is C15H23NO. The Hall–Kier alpha value is -1.02. The quantitative estimate of drug-likeness (QED) is 0.804.